The van der Waals surface area contributed by atoms with E-state index < -0.39 is 6.10 Å². The fourth-order valence-electron chi connectivity index (χ4n) is 1.46. The minimum Gasteiger partial charge on any atom is -0.497 e. The molecule has 2 atom stereocenters. The summed E-state index contributed by atoms with van der Waals surface area (Å²) in [5.41, 5.74) is 6.63. The number of methoxy groups -OCH3 is 1. The quantitative estimate of drug-likeness (QED) is 0.757. The number of ether oxygens (including phenoxy) is 1. The fraction of sp³-hybridized carbons (Fsp3) is 0.455. The van der Waals surface area contributed by atoms with Crippen molar-refractivity contribution < 1.29 is 9.84 Å². The van der Waals surface area contributed by atoms with E-state index in [4.69, 9.17) is 10.5 Å². The van der Waals surface area contributed by atoms with Crippen LogP contribution in [0.25, 0.3) is 0 Å². The first-order valence-corrected chi connectivity index (χ1v) is 4.71. The molecule has 1 aromatic rings. The van der Waals surface area contributed by atoms with E-state index in [1.54, 1.807) is 14.0 Å². The van der Waals surface area contributed by atoms with Crippen LogP contribution in [0.2, 0.25) is 0 Å². The molecule has 0 heterocycles. The molecule has 3 nitrogen and oxygen atoms in total. The lowest BCUT2D eigenvalue weighted by molar-refractivity contribution is 0.164. The van der Waals surface area contributed by atoms with E-state index in [-0.39, 0.29) is 5.92 Å². The Bertz CT molecular complexity index is 269. The SMILES string of the molecule is COc1ccc(C(CN)C(C)O)cc1. The number of benzene rings is 1. The first-order chi connectivity index (χ1) is 6.69. The van der Waals surface area contributed by atoms with Crippen LogP contribution in [-0.2, 0) is 0 Å². The van der Waals surface area contributed by atoms with Crippen LogP contribution in [0.5, 0.6) is 5.75 Å². The fourth-order valence-corrected chi connectivity index (χ4v) is 1.46. The molecule has 14 heavy (non-hydrogen) atoms. The lowest BCUT2D eigenvalue weighted by atomic mass is 9.94. The van der Waals surface area contributed by atoms with Gasteiger partial charge in [0.25, 0.3) is 0 Å². The summed E-state index contributed by atoms with van der Waals surface area (Å²) in [5, 5.41) is 9.48. The van der Waals surface area contributed by atoms with E-state index in [2.05, 4.69) is 0 Å². The highest BCUT2D eigenvalue weighted by molar-refractivity contribution is 5.30. The van der Waals surface area contributed by atoms with E-state index in [1.165, 1.54) is 0 Å². The molecule has 0 aliphatic carbocycles. The third kappa shape index (κ3) is 2.47. The molecule has 0 aromatic heterocycles. The molecule has 1 aromatic carbocycles. The molecule has 0 saturated heterocycles. The first kappa shape index (κ1) is 11.0. The molecule has 2 unspecified atom stereocenters. The summed E-state index contributed by atoms with van der Waals surface area (Å²) < 4.78 is 5.05. The van der Waals surface area contributed by atoms with Crippen LogP contribution in [0.1, 0.15) is 18.4 Å². The predicted molar refractivity (Wildman–Crippen MR) is 56.5 cm³/mol. The van der Waals surface area contributed by atoms with Gasteiger partial charge in [-0.2, -0.15) is 0 Å². The normalized spacial score (nSPS) is 14.9. The lowest BCUT2D eigenvalue weighted by Gasteiger charge is -2.18. The van der Waals surface area contributed by atoms with Crippen LogP contribution < -0.4 is 10.5 Å². The molecule has 0 saturated carbocycles. The Morgan fingerprint density at radius 2 is 1.93 bits per heavy atom. The largest absolute Gasteiger partial charge is 0.497 e. The maximum absolute atomic E-state index is 9.48. The standard InChI is InChI=1S/C11H17NO2/c1-8(13)11(7-12)9-3-5-10(14-2)6-4-9/h3-6,8,11,13H,7,12H2,1-2H3. The van der Waals surface area contributed by atoms with Crippen molar-refractivity contribution >= 4 is 0 Å². The summed E-state index contributed by atoms with van der Waals surface area (Å²) in [6.07, 6.45) is -0.423. The van der Waals surface area contributed by atoms with Gasteiger partial charge in [-0.05, 0) is 24.6 Å². The number of rotatable bonds is 4. The Kier molecular flexibility index (Phi) is 3.92. The first-order valence-electron chi connectivity index (χ1n) is 4.71. The third-order valence-electron chi connectivity index (χ3n) is 2.38. The van der Waals surface area contributed by atoms with Crippen LogP contribution in [0.15, 0.2) is 24.3 Å². The summed E-state index contributed by atoms with van der Waals surface area (Å²) in [4.78, 5) is 0. The van der Waals surface area contributed by atoms with Gasteiger partial charge in [-0.1, -0.05) is 12.1 Å². The second-order valence-corrected chi connectivity index (χ2v) is 3.36. The van der Waals surface area contributed by atoms with Crippen molar-refractivity contribution in [3.63, 3.8) is 0 Å². The molecule has 3 N–H and O–H groups in total. The molecule has 0 bridgehead atoms. The van der Waals surface area contributed by atoms with Gasteiger partial charge < -0.3 is 15.6 Å². The van der Waals surface area contributed by atoms with Gasteiger partial charge in [0.05, 0.1) is 13.2 Å². The Morgan fingerprint density at radius 3 is 2.29 bits per heavy atom. The molecule has 0 aliphatic rings. The van der Waals surface area contributed by atoms with Gasteiger partial charge in [0, 0.05) is 12.5 Å². The average molecular weight is 195 g/mol. The van der Waals surface area contributed by atoms with E-state index in [9.17, 15) is 5.11 Å². The van der Waals surface area contributed by atoms with Crippen LogP contribution in [0.3, 0.4) is 0 Å². The van der Waals surface area contributed by atoms with Gasteiger partial charge in [-0.15, -0.1) is 0 Å². The maximum Gasteiger partial charge on any atom is 0.118 e. The van der Waals surface area contributed by atoms with Gasteiger partial charge in [-0.25, -0.2) is 0 Å². The number of hydrogen-bond acceptors (Lipinski definition) is 3. The van der Waals surface area contributed by atoms with Gasteiger partial charge in [0.2, 0.25) is 0 Å². The minimum absolute atomic E-state index is 0.000839. The molecular weight excluding hydrogens is 178 g/mol. The van der Waals surface area contributed by atoms with E-state index in [0.717, 1.165) is 11.3 Å². The average Bonchev–Trinajstić information content (AvgIpc) is 2.19. The highest BCUT2D eigenvalue weighted by atomic mass is 16.5. The molecule has 0 spiro atoms. The zero-order chi connectivity index (χ0) is 10.6. The van der Waals surface area contributed by atoms with Gasteiger partial charge in [-0.3, -0.25) is 0 Å². The Morgan fingerprint density at radius 1 is 1.36 bits per heavy atom. The van der Waals surface area contributed by atoms with Crippen LogP contribution >= 0.6 is 0 Å². The molecule has 1 rings (SSSR count). The Hall–Kier alpha value is -1.06. The number of hydrogen-bond donors (Lipinski definition) is 2. The Labute approximate surface area is 84.5 Å². The number of aliphatic hydroxyl groups excluding tert-OH is 1. The highest BCUT2D eigenvalue weighted by Crippen LogP contribution is 2.21. The van der Waals surface area contributed by atoms with Crippen molar-refractivity contribution in [2.45, 2.75) is 18.9 Å². The smallest absolute Gasteiger partial charge is 0.118 e. The topological polar surface area (TPSA) is 55.5 Å². The predicted octanol–water partition coefficient (Wildman–Crippen LogP) is 1.12. The van der Waals surface area contributed by atoms with E-state index >= 15 is 0 Å². The van der Waals surface area contributed by atoms with Gasteiger partial charge >= 0.3 is 0 Å². The van der Waals surface area contributed by atoms with Crippen molar-refractivity contribution in [2.75, 3.05) is 13.7 Å². The summed E-state index contributed by atoms with van der Waals surface area (Å²) in [7, 11) is 1.63. The third-order valence-corrected chi connectivity index (χ3v) is 2.38. The molecule has 0 radical (unpaired) electrons. The van der Waals surface area contributed by atoms with Crippen molar-refractivity contribution in [3.8, 4) is 5.75 Å². The zero-order valence-electron chi connectivity index (χ0n) is 8.60. The molecule has 0 fully saturated rings. The minimum atomic E-state index is -0.423. The van der Waals surface area contributed by atoms with Gasteiger partial charge in [0.1, 0.15) is 5.75 Å². The molecule has 0 amide bonds. The Balaban J connectivity index is 2.84. The van der Waals surface area contributed by atoms with Crippen molar-refractivity contribution in [3.05, 3.63) is 29.8 Å². The molecule has 0 aliphatic heterocycles. The monoisotopic (exact) mass is 195 g/mol. The number of nitrogens with two attached hydrogens (primary N) is 1. The lowest BCUT2D eigenvalue weighted by Crippen LogP contribution is -2.23. The van der Waals surface area contributed by atoms with Crippen molar-refractivity contribution in [1.82, 2.24) is 0 Å². The van der Waals surface area contributed by atoms with E-state index in [0.29, 0.717) is 6.54 Å². The van der Waals surface area contributed by atoms with Crippen molar-refractivity contribution in [2.24, 2.45) is 5.73 Å². The molecule has 3 heteroatoms. The molecule has 78 valence electrons. The van der Waals surface area contributed by atoms with Crippen LogP contribution in [-0.4, -0.2) is 24.9 Å². The second-order valence-electron chi connectivity index (χ2n) is 3.36. The maximum atomic E-state index is 9.48. The van der Waals surface area contributed by atoms with Crippen LogP contribution in [0, 0.1) is 0 Å². The van der Waals surface area contributed by atoms with Gasteiger partial charge in [0.15, 0.2) is 0 Å². The summed E-state index contributed by atoms with van der Waals surface area (Å²) >= 11 is 0. The van der Waals surface area contributed by atoms with Crippen molar-refractivity contribution in [1.29, 1.82) is 0 Å². The van der Waals surface area contributed by atoms with E-state index in [1.807, 2.05) is 24.3 Å². The van der Waals surface area contributed by atoms with Crippen LogP contribution in [0.4, 0.5) is 0 Å². The molecular formula is C11H17NO2. The zero-order valence-corrected chi connectivity index (χ0v) is 8.60. The highest BCUT2D eigenvalue weighted by Gasteiger charge is 2.14. The number of aliphatic hydroxyl groups is 1. The summed E-state index contributed by atoms with van der Waals surface area (Å²) in [6.45, 7) is 2.20. The summed E-state index contributed by atoms with van der Waals surface area (Å²) in [6, 6.07) is 7.62. The second kappa shape index (κ2) is 4.98. The summed E-state index contributed by atoms with van der Waals surface area (Å²) in [5.74, 6) is 0.816.